The van der Waals surface area contributed by atoms with Crippen LogP contribution in [0, 0.1) is 5.92 Å². The van der Waals surface area contributed by atoms with Crippen LogP contribution in [0.5, 0.6) is 6.01 Å². The van der Waals surface area contributed by atoms with Crippen molar-refractivity contribution in [2.24, 2.45) is 5.92 Å². The molecular formula is C20H31N5O5. The lowest BCUT2D eigenvalue weighted by Crippen LogP contribution is -2.33. The van der Waals surface area contributed by atoms with E-state index in [-0.39, 0.29) is 11.8 Å². The predicted octanol–water partition coefficient (Wildman–Crippen LogP) is 1.15. The Kier molecular flexibility index (Phi) is 6.67. The van der Waals surface area contributed by atoms with Crippen LogP contribution in [-0.2, 0) is 4.74 Å². The van der Waals surface area contributed by atoms with Crippen LogP contribution in [0.15, 0.2) is 6.33 Å². The zero-order valence-corrected chi connectivity index (χ0v) is 17.1. The number of aliphatic hydroxyl groups is 3. The molecule has 1 saturated heterocycles. The van der Waals surface area contributed by atoms with E-state index in [0.717, 1.165) is 18.8 Å². The van der Waals surface area contributed by atoms with E-state index >= 15 is 0 Å². The van der Waals surface area contributed by atoms with Gasteiger partial charge >= 0.3 is 6.01 Å². The van der Waals surface area contributed by atoms with Gasteiger partial charge in [0.2, 0.25) is 0 Å². The van der Waals surface area contributed by atoms with Crippen LogP contribution >= 0.6 is 0 Å². The molecule has 0 bridgehead atoms. The minimum Gasteiger partial charge on any atom is -0.463 e. The summed E-state index contributed by atoms with van der Waals surface area (Å²) in [5, 5.41) is 29.6. The number of rotatable bonds is 8. The standard InChI is InChI=1S/C20H31N5O5/c21-17-14-18(25(11-22-14)19-16(28)15(27)13(10-26)30-19)24-20(23-17)29-9-5-4-8-12-6-2-1-3-7-12/h11-13,15-16,19,26-28H,1-10H2,(H2,21,23,24)/t13-,15-,16-,19?/m0/s1. The molecule has 30 heavy (non-hydrogen) atoms. The summed E-state index contributed by atoms with van der Waals surface area (Å²) in [5.74, 6) is 1.02. The average Bonchev–Trinajstić information content (AvgIpc) is 3.30. The lowest BCUT2D eigenvalue weighted by Gasteiger charge is -2.21. The Bertz CT molecular complexity index is 840. The molecule has 2 fully saturated rings. The number of nitrogens with zero attached hydrogens (tertiary/aromatic N) is 4. The van der Waals surface area contributed by atoms with Gasteiger partial charge in [0.25, 0.3) is 0 Å². The van der Waals surface area contributed by atoms with Gasteiger partial charge in [-0.15, -0.1) is 0 Å². The number of imidazole rings is 1. The third-order valence-electron chi connectivity index (χ3n) is 6.18. The maximum atomic E-state index is 10.3. The number of fused-ring (bicyclic) bond motifs is 1. The van der Waals surface area contributed by atoms with Gasteiger partial charge in [-0.3, -0.25) is 4.57 Å². The molecule has 4 atom stereocenters. The zero-order chi connectivity index (χ0) is 21.1. The fourth-order valence-corrected chi connectivity index (χ4v) is 4.45. The Morgan fingerprint density at radius 2 is 1.93 bits per heavy atom. The highest BCUT2D eigenvalue weighted by atomic mass is 16.6. The number of hydrogen-bond acceptors (Lipinski definition) is 9. The van der Waals surface area contributed by atoms with E-state index in [1.54, 1.807) is 0 Å². The molecule has 0 spiro atoms. The zero-order valence-electron chi connectivity index (χ0n) is 17.1. The molecule has 166 valence electrons. The number of ether oxygens (including phenoxy) is 2. The third-order valence-corrected chi connectivity index (χ3v) is 6.18. The number of aliphatic hydroxyl groups excluding tert-OH is 3. The van der Waals surface area contributed by atoms with Crippen LogP contribution in [-0.4, -0.2) is 66.4 Å². The van der Waals surface area contributed by atoms with Crippen LogP contribution in [0.1, 0.15) is 57.6 Å². The summed E-state index contributed by atoms with van der Waals surface area (Å²) in [6, 6.07) is 0.145. The van der Waals surface area contributed by atoms with Gasteiger partial charge in [0, 0.05) is 0 Å². The maximum Gasteiger partial charge on any atom is 0.320 e. The molecule has 4 rings (SSSR count). The fourth-order valence-electron chi connectivity index (χ4n) is 4.45. The second-order valence-corrected chi connectivity index (χ2v) is 8.29. The van der Waals surface area contributed by atoms with E-state index < -0.39 is 31.1 Å². The van der Waals surface area contributed by atoms with Gasteiger partial charge in [-0.1, -0.05) is 38.5 Å². The molecule has 10 nitrogen and oxygen atoms in total. The van der Waals surface area contributed by atoms with Crippen molar-refractivity contribution in [1.82, 2.24) is 19.5 Å². The molecule has 0 amide bonds. The number of nitrogens with two attached hydrogens (primary N) is 1. The summed E-state index contributed by atoms with van der Waals surface area (Å²) in [6.07, 6.45) is 7.21. The number of anilines is 1. The predicted molar refractivity (Wildman–Crippen MR) is 109 cm³/mol. The summed E-state index contributed by atoms with van der Waals surface area (Å²) >= 11 is 0. The normalized spacial score (nSPS) is 27.7. The average molecular weight is 421 g/mol. The SMILES string of the molecule is Nc1nc(OCCCCC2CCCCC2)nc2c1ncn2C1O[C@@H](CO)[C@H](O)[C@@H]1O. The van der Waals surface area contributed by atoms with Gasteiger partial charge in [0.05, 0.1) is 19.5 Å². The molecule has 2 aliphatic rings. The Hall–Kier alpha value is -2.01. The van der Waals surface area contributed by atoms with Crippen molar-refractivity contribution in [2.75, 3.05) is 18.9 Å². The fraction of sp³-hybridized carbons (Fsp3) is 0.750. The van der Waals surface area contributed by atoms with Crippen molar-refractivity contribution in [2.45, 2.75) is 75.9 Å². The number of aromatic nitrogens is 4. The van der Waals surface area contributed by atoms with E-state index in [9.17, 15) is 15.3 Å². The van der Waals surface area contributed by atoms with Crippen LogP contribution < -0.4 is 10.5 Å². The highest BCUT2D eigenvalue weighted by Crippen LogP contribution is 2.32. The molecule has 5 N–H and O–H groups in total. The molecule has 1 saturated carbocycles. The maximum absolute atomic E-state index is 10.3. The number of hydrogen-bond donors (Lipinski definition) is 4. The Labute approximate surface area is 175 Å². The Morgan fingerprint density at radius 1 is 1.13 bits per heavy atom. The van der Waals surface area contributed by atoms with Crippen molar-refractivity contribution in [3.8, 4) is 6.01 Å². The van der Waals surface area contributed by atoms with Crippen LogP contribution in [0.25, 0.3) is 11.2 Å². The lowest BCUT2D eigenvalue weighted by molar-refractivity contribution is -0.0511. The first-order valence-corrected chi connectivity index (χ1v) is 10.8. The largest absolute Gasteiger partial charge is 0.463 e. The highest BCUT2D eigenvalue weighted by molar-refractivity contribution is 5.82. The third kappa shape index (κ3) is 4.36. The van der Waals surface area contributed by atoms with E-state index in [1.165, 1.54) is 49.4 Å². The summed E-state index contributed by atoms with van der Waals surface area (Å²) < 4.78 is 12.8. The van der Waals surface area contributed by atoms with Crippen molar-refractivity contribution in [3.05, 3.63) is 6.33 Å². The van der Waals surface area contributed by atoms with Crippen molar-refractivity contribution >= 4 is 17.0 Å². The summed E-state index contributed by atoms with van der Waals surface area (Å²) in [5.41, 5.74) is 6.71. The quantitative estimate of drug-likeness (QED) is 0.460. The molecule has 1 aliphatic carbocycles. The summed E-state index contributed by atoms with van der Waals surface area (Å²) in [4.78, 5) is 12.8. The molecule has 3 heterocycles. The minimum atomic E-state index is -1.24. The highest BCUT2D eigenvalue weighted by Gasteiger charge is 2.44. The number of unbranched alkanes of at least 4 members (excludes halogenated alkanes) is 1. The topological polar surface area (TPSA) is 149 Å². The van der Waals surface area contributed by atoms with E-state index in [4.69, 9.17) is 15.2 Å². The molecule has 0 aromatic carbocycles. The summed E-state index contributed by atoms with van der Waals surface area (Å²) in [7, 11) is 0. The van der Waals surface area contributed by atoms with Gasteiger partial charge in [0.15, 0.2) is 23.2 Å². The van der Waals surface area contributed by atoms with Gasteiger partial charge in [-0.25, -0.2) is 4.98 Å². The molecule has 2 aromatic heterocycles. The van der Waals surface area contributed by atoms with E-state index in [0.29, 0.717) is 17.8 Å². The minimum absolute atomic E-state index is 0.145. The first-order chi connectivity index (χ1) is 14.6. The Morgan fingerprint density at radius 3 is 2.67 bits per heavy atom. The van der Waals surface area contributed by atoms with Gasteiger partial charge < -0.3 is 30.5 Å². The first kappa shape index (κ1) is 21.2. The van der Waals surface area contributed by atoms with Gasteiger partial charge in [-0.05, 0) is 18.8 Å². The summed E-state index contributed by atoms with van der Waals surface area (Å²) in [6.45, 7) is 0.0906. The van der Waals surface area contributed by atoms with Crippen LogP contribution in [0.2, 0.25) is 0 Å². The smallest absolute Gasteiger partial charge is 0.320 e. The van der Waals surface area contributed by atoms with Gasteiger partial charge in [-0.2, -0.15) is 9.97 Å². The second kappa shape index (κ2) is 9.42. The van der Waals surface area contributed by atoms with Crippen LogP contribution in [0.3, 0.4) is 0 Å². The van der Waals surface area contributed by atoms with Crippen LogP contribution in [0.4, 0.5) is 5.82 Å². The monoisotopic (exact) mass is 421 g/mol. The molecule has 1 aliphatic heterocycles. The van der Waals surface area contributed by atoms with Crippen molar-refractivity contribution < 1.29 is 24.8 Å². The van der Waals surface area contributed by atoms with Gasteiger partial charge in [0.1, 0.15) is 18.3 Å². The van der Waals surface area contributed by atoms with E-state index in [1.807, 2.05) is 0 Å². The van der Waals surface area contributed by atoms with E-state index in [2.05, 4.69) is 15.0 Å². The Balaban J connectivity index is 1.39. The van der Waals surface area contributed by atoms with Crippen molar-refractivity contribution in [1.29, 1.82) is 0 Å². The molecule has 10 heteroatoms. The number of nitrogen functional groups attached to an aromatic ring is 1. The molecular weight excluding hydrogens is 390 g/mol. The first-order valence-electron chi connectivity index (χ1n) is 10.8. The molecule has 2 aromatic rings. The molecule has 0 radical (unpaired) electrons. The second-order valence-electron chi connectivity index (χ2n) is 8.29. The molecule has 1 unspecified atom stereocenters. The lowest BCUT2D eigenvalue weighted by atomic mass is 9.86. The van der Waals surface area contributed by atoms with Crippen molar-refractivity contribution in [3.63, 3.8) is 0 Å².